The lowest BCUT2D eigenvalue weighted by Gasteiger charge is -2.13. The summed E-state index contributed by atoms with van der Waals surface area (Å²) in [6.07, 6.45) is 3.19. The molecule has 30 heavy (non-hydrogen) atoms. The predicted octanol–water partition coefficient (Wildman–Crippen LogP) is 4.36. The summed E-state index contributed by atoms with van der Waals surface area (Å²) in [7, 11) is 0. The molecule has 6 nitrogen and oxygen atoms in total. The van der Waals surface area contributed by atoms with Gasteiger partial charge in [0.15, 0.2) is 18.1 Å². The largest absolute Gasteiger partial charge is 0.452 e. The average molecular weight is 406 g/mol. The number of carbonyl (C=O) groups is 2. The monoisotopic (exact) mass is 406 g/mol. The standard InChI is InChI=1S/C24H26N2O4/c1-4-5-8-17-11-13-18(14-12-17)21(27)15-30-24(29)22-19-9-6-7-10-20(19)23(28)26(25-22)16(2)3/h6-7,9-14,16H,4-5,8,15H2,1-3H3. The number of unbranched alkanes of at least 4 members (excludes halogenated alkanes) is 1. The van der Waals surface area contributed by atoms with Gasteiger partial charge in [-0.15, -0.1) is 0 Å². The highest BCUT2D eigenvalue weighted by Gasteiger charge is 2.20. The van der Waals surface area contributed by atoms with Crippen molar-refractivity contribution in [3.05, 3.63) is 75.7 Å². The summed E-state index contributed by atoms with van der Waals surface area (Å²) in [5, 5.41) is 5.01. The van der Waals surface area contributed by atoms with Crippen LogP contribution in [0.3, 0.4) is 0 Å². The normalized spacial score (nSPS) is 11.1. The number of benzene rings is 2. The predicted molar refractivity (Wildman–Crippen MR) is 116 cm³/mol. The van der Waals surface area contributed by atoms with Crippen LogP contribution in [0.15, 0.2) is 53.3 Å². The molecule has 0 amide bonds. The number of hydrogen-bond donors (Lipinski definition) is 0. The van der Waals surface area contributed by atoms with E-state index in [1.807, 2.05) is 26.0 Å². The molecule has 3 rings (SSSR count). The number of carbonyl (C=O) groups excluding carboxylic acids is 2. The Balaban J connectivity index is 1.78. The van der Waals surface area contributed by atoms with Crippen LogP contribution < -0.4 is 5.56 Å². The molecule has 156 valence electrons. The Bertz CT molecular complexity index is 1110. The second-order valence-electron chi connectivity index (χ2n) is 7.54. The molecule has 0 saturated heterocycles. The first-order chi connectivity index (χ1) is 14.4. The van der Waals surface area contributed by atoms with Gasteiger partial charge in [-0.25, -0.2) is 9.48 Å². The van der Waals surface area contributed by atoms with Gasteiger partial charge in [0.05, 0.1) is 11.4 Å². The van der Waals surface area contributed by atoms with Gasteiger partial charge in [-0.3, -0.25) is 9.59 Å². The summed E-state index contributed by atoms with van der Waals surface area (Å²) in [5.74, 6) is -1.01. The maximum atomic E-state index is 12.7. The van der Waals surface area contributed by atoms with E-state index in [9.17, 15) is 14.4 Å². The van der Waals surface area contributed by atoms with E-state index in [1.165, 1.54) is 10.2 Å². The topological polar surface area (TPSA) is 78.3 Å². The van der Waals surface area contributed by atoms with Gasteiger partial charge >= 0.3 is 5.97 Å². The Morgan fingerprint density at radius 3 is 2.33 bits per heavy atom. The van der Waals surface area contributed by atoms with Gasteiger partial charge in [0.1, 0.15) is 0 Å². The van der Waals surface area contributed by atoms with Crippen LogP contribution in [0.5, 0.6) is 0 Å². The van der Waals surface area contributed by atoms with Gasteiger partial charge < -0.3 is 4.74 Å². The van der Waals surface area contributed by atoms with Crippen molar-refractivity contribution in [3.63, 3.8) is 0 Å². The SMILES string of the molecule is CCCCc1ccc(C(=O)COC(=O)c2nn(C(C)C)c(=O)c3ccccc23)cc1. The molecular weight excluding hydrogens is 380 g/mol. The molecule has 0 saturated carbocycles. The fraction of sp³-hybridized carbons (Fsp3) is 0.333. The lowest BCUT2D eigenvalue weighted by atomic mass is 10.0. The van der Waals surface area contributed by atoms with Crippen LogP contribution in [0, 0.1) is 0 Å². The molecular formula is C24H26N2O4. The van der Waals surface area contributed by atoms with E-state index in [0.717, 1.165) is 19.3 Å². The molecule has 0 fully saturated rings. The van der Waals surface area contributed by atoms with Crippen molar-refractivity contribution in [3.8, 4) is 0 Å². The van der Waals surface area contributed by atoms with Gasteiger partial charge in [0, 0.05) is 10.9 Å². The minimum absolute atomic E-state index is 0.0293. The summed E-state index contributed by atoms with van der Waals surface area (Å²) >= 11 is 0. The van der Waals surface area contributed by atoms with E-state index >= 15 is 0 Å². The van der Waals surface area contributed by atoms with Crippen LogP contribution in [-0.4, -0.2) is 28.1 Å². The Hall–Kier alpha value is -3.28. The third-order valence-corrected chi connectivity index (χ3v) is 4.94. The molecule has 1 heterocycles. The van der Waals surface area contributed by atoms with Crippen LogP contribution in [0.2, 0.25) is 0 Å². The zero-order chi connectivity index (χ0) is 21.7. The van der Waals surface area contributed by atoms with Crippen molar-refractivity contribution < 1.29 is 14.3 Å². The summed E-state index contributed by atoms with van der Waals surface area (Å²) in [6.45, 7) is 5.37. The lowest BCUT2D eigenvalue weighted by molar-refractivity contribution is 0.0468. The number of fused-ring (bicyclic) bond motifs is 1. The molecule has 0 spiro atoms. The number of ether oxygens (including phenoxy) is 1. The zero-order valence-electron chi connectivity index (χ0n) is 17.6. The second kappa shape index (κ2) is 9.48. The van der Waals surface area contributed by atoms with Gasteiger partial charge in [0.2, 0.25) is 0 Å². The van der Waals surface area contributed by atoms with Crippen LogP contribution >= 0.6 is 0 Å². The van der Waals surface area contributed by atoms with Crippen molar-refractivity contribution in [1.29, 1.82) is 0 Å². The van der Waals surface area contributed by atoms with E-state index in [0.29, 0.717) is 16.3 Å². The third-order valence-electron chi connectivity index (χ3n) is 4.94. The highest BCUT2D eigenvalue weighted by atomic mass is 16.5. The zero-order valence-corrected chi connectivity index (χ0v) is 17.6. The molecule has 2 aromatic carbocycles. The number of aryl methyl sites for hydroxylation is 1. The first kappa shape index (κ1) is 21.4. The van der Waals surface area contributed by atoms with Crippen molar-refractivity contribution in [2.45, 2.75) is 46.1 Å². The van der Waals surface area contributed by atoms with E-state index in [1.54, 1.807) is 36.4 Å². The van der Waals surface area contributed by atoms with E-state index < -0.39 is 5.97 Å². The van der Waals surface area contributed by atoms with E-state index in [-0.39, 0.29) is 29.7 Å². The second-order valence-corrected chi connectivity index (χ2v) is 7.54. The summed E-state index contributed by atoms with van der Waals surface area (Å²) < 4.78 is 6.52. The molecule has 0 radical (unpaired) electrons. The fourth-order valence-corrected chi connectivity index (χ4v) is 3.23. The molecule has 0 bridgehead atoms. The number of rotatable bonds is 8. The molecule has 0 unspecified atom stereocenters. The van der Waals surface area contributed by atoms with Crippen molar-refractivity contribution in [1.82, 2.24) is 9.78 Å². The number of ketones is 1. The fourth-order valence-electron chi connectivity index (χ4n) is 3.23. The summed E-state index contributed by atoms with van der Waals surface area (Å²) in [4.78, 5) is 37.7. The van der Waals surface area contributed by atoms with Crippen LogP contribution in [0.4, 0.5) is 0 Å². The molecule has 6 heteroatoms. The number of nitrogens with zero attached hydrogens (tertiary/aromatic N) is 2. The minimum atomic E-state index is -0.728. The maximum absolute atomic E-state index is 12.7. The van der Waals surface area contributed by atoms with Gasteiger partial charge in [-0.2, -0.15) is 5.10 Å². The number of Topliss-reactive ketones (excluding diaryl/α,β-unsaturated/α-hetero) is 1. The van der Waals surface area contributed by atoms with Gasteiger partial charge in [0.25, 0.3) is 5.56 Å². The summed E-state index contributed by atoms with van der Waals surface area (Å²) in [5.41, 5.74) is 1.43. The molecule has 0 aliphatic rings. The molecule has 0 N–H and O–H groups in total. The minimum Gasteiger partial charge on any atom is -0.452 e. The smallest absolute Gasteiger partial charge is 0.359 e. The molecule has 0 aliphatic carbocycles. The quantitative estimate of drug-likeness (QED) is 0.410. The van der Waals surface area contributed by atoms with Crippen LogP contribution in [0.25, 0.3) is 10.8 Å². The number of aromatic nitrogens is 2. The van der Waals surface area contributed by atoms with Crippen molar-refractivity contribution in [2.24, 2.45) is 0 Å². The van der Waals surface area contributed by atoms with Crippen LogP contribution in [-0.2, 0) is 11.2 Å². The van der Waals surface area contributed by atoms with Crippen molar-refractivity contribution >= 4 is 22.5 Å². The number of hydrogen-bond acceptors (Lipinski definition) is 5. The molecule has 3 aromatic rings. The highest BCUT2D eigenvalue weighted by Crippen LogP contribution is 2.16. The lowest BCUT2D eigenvalue weighted by Crippen LogP contribution is -2.28. The molecule has 0 atom stereocenters. The first-order valence-corrected chi connectivity index (χ1v) is 10.2. The van der Waals surface area contributed by atoms with Crippen molar-refractivity contribution in [2.75, 3.05) is 6.61 Å². The van der Waals surface area contributed by atoms with E-state index in [2.05, 4.69) is 12.0 Å². The Morgan fingerprint density at radius 2 is 1.70 bits per heavy atom. The maximum Gasteiger partial charge on any atom is 0.359 e. The Morgan fingerprint density at radius 1 is 1.03 bits per heavy atom. The first-order valence-electron chi connectivity index (χ1n) is 10.2. The van der Waals surface area contributed by atoms with Gasteiger partial charge in [-0.1, -0.05) is 55.8 Å². The summed E-state index contributed by atoms with van der Waals surface area (Å²) in [6, 6.07) is 13.9. The van der Waals surface area contributed by atoms with Gasteiger partial charge in [-0.05, 0) is 38.3 Å². The Kier molecular flexibility index (Phi) is 6.77. The molecule has 1 aromatic heterocycles. The van der Waals surface area contributed by atoms with E-state index in [4.69, 9.17) is 4.74 Å². The highest BCUT2D eigenvalue weighted by molar-refractivity contribution is 6.04. The number of esters is 1. The van der Waals surface area contributed by atoms with Crippen LogP contribution in [0.1, 0.15) is 66.1 Å². The molecule has 0 aliphatic heterocycles. The Labute approximate surface area is 175 Å². The average Bonchev–Trinajstić information content (AvgIpc) is 2.76. The third kappa shape index (κ3) is 4.64.